The molecule has 7 heteroatoms. The third-order valence-corrected chi connectivity index (χ3v) is 3.63. The summed E-state index contributed by atoms with van der Waals surface area (Å²) in [5, 5.41) is 3.11. The Hall–Kier alpha value is -0.850. The maximum absolute atomic E-state index is 13.3. The molecule has 0 atom stereocenters. The topological polar surface area (TPSA) is 58.2 Å². The zero-order valence-electron chi connectivity index (χ0n) is 9.33. The van der Waals surface area contributed by atoms with Gasteiger partial charge < -0.3 is 5.32 Å². The molecule has 0 radical (unpaired) electrons. The summed E-state index contributed by atoms with van der Waals surface area (Å²) in [6.07, 6.45) is 0.452. The number of hydrogen-bond donors (Lipinski definition) is 2. The lowest BCUT2D eigenvalue weighted by atomic mass is 10.3. The highest BCUT2D eigenvalue weighted by molar-refractivity contribution is 7.92. The number of hydrogen-bond acceptors (Lipinski definition) is 3. The van der Waals surface area contributed by atoms with E-state index >= 15 is 0 Å². The summed E-state index contributed by atoms with van der Waals surface area (Å²) in [5.41, 5.74) is -0.123. The van der Waals surface area contributed by atoms with Crippen LogP contribution in [-0.2, 0) is 10.0 Å². The minimum atomic E-state index is -3.53. The molecule has 0 aromatic heterocycles. The van der Waals surface area contributed by atoms with Crippen molar-refractivity contribution in [3.63, 3.8) is 0 Å². The molecule has 1 aromatic carbocycles. The highest BCUT2D eigenvalue weighted by Crippen LogP contribution is 2.20. The van der Waals surface area contributed by atoms with E-state index in [1.165, 1.54) is 12.1 Å². The lowest BCUT2D eigenvalue weighted by Gasteiger charge is -2.09. The second kappa shape index (κ2) is 6.18. The van der Waals surface area contributed by atoms with Crippen LogP contribution in [0.3, 0.4) is 0 Å². The number of sulfonamides is 1. The van der Waals surface area contributed by atoms with Crippen LogP contribution < -0.4 is 10.0 Å². The fourth-order valence-corrected chi connectivity index (χ4v) is 2.52. The van der Waals surface area contributed by atoms with Gasteiger partial charge in [0.2, 0.25) is 10.0 Å². The average molecular weight is 281 g/mol. The number of benzene rings is 1. The number of anilines is 1. The van der Waals surface area contributed by atoms with Crippen LogP contribution in [0, 0.1) is 5.82 Å². The fourth-order valence-electron chi connectivity index (χ4n) is 1.23. The Labute approximate surface area is 105 Å². The average Bonchev–Trinajstić information content (AvgIpc) is 2.23. The largest absolute Gasteiger partial charge is 0.320 e. The highest BCUT2D eigenvalue weighted by atomic mass is 35.5. The Balaban J connectivity index is 2.72. The zero-order chi connectivity index (χ0) is 12.9. The molecule has 0 bridgehead atoms. The van der Waals surface area contributed by atoms with Crippen LogP contribution in [0.4, 0.5) is 10.1 Å². The second-order valence-corrected chi connectivity index (χ2v) is 5.78. The summed E-state index contributed by atoms with van der Waals surface area (Å²) in [6, 6.07) is 3.72. The van der Waals surface area contributed by atoms with Crippen molar-refractivity contribution in [2.75, 3.05) is 24.1 Å². The highest BCUT2D eigenvalue weighted by Gasteiger charge is 2.13. The normalized spacial score (nSPS) is 11.5. The van der Waals surface area contributed by atoms with Gasteiger partial charge in [0.05, 0.1) is 11.4 Å². The molecule has 0 heterocycles. The zero-order valence-corrected chi connectivity index (χ0v) is 10.9. The smallest absolute Gasteiger partial charge is 0.232 e. The van der Waals surface area contributed by atoms with E-state index in [0.717, 1.165) is 6.07 Å². The molecule has 0 saturated heterocycles. The quantitative estimate of drug-likeness (QED) is 0.782. The molecule has 0 spiro atoms. The molecule has 1 rings (SSSR count). The van der Waals surface area contributed by atoms with Gasteiger partial charge >= 0.3 is 0 Å². The summed E-state index contributed by atoms with van der Waals surface area (Å²) >= 11 is 5.66. The van der Waals surface area contributed by atoms with Crippen LogP contribution in [0.15, 0.2) is 18.2 Å². The Morgan fingerprint density at radius 3 is 2.76 bits per heavy atom. The first-order valence-electron chi connectivity index (χ1n) is 5.05. The minimum absolute atomic E-state index is 0.0696. The van der Waals surface area contributed by atoms with Crippen molar-refractivity contribution < 1.29 is 12.8 Å². The van der Waals surface area contributed by atoms with E-state index in [2.05, 4.69) is 10.0 Å². The maximum atomic E-state index is 13.3. The van der Waals surface area contributed by atoms with Crippen molar-refractivity contribution >= 4 is 27.3 Å². The van der Waals surface area contributed by atoms with E-state index < -0.39 is 15.8 Å². The molecule has 17 heavy (non-hydrogen) atoms. The summed E-state index contributed by atoms with van der Waals surface area (Å²) in [7, 11) is -1.80. The van der Waals surface area contributed by atoms with Gasteiger partial charge in [0, 0.05) is 5.02 Å². The van der Waals surface area contributed by atoms with Gasteiger partial charge in [-0.25, -0.2) is 12.8 Å². The first-order chi connectivity index (χ1) is 7.94. The first-order valence-corrected chi connectivity index (χ1v) is 7.08. The molecule has 0 aliphatic rings. The SMILES string of the molecule is CNCCCS(=O)(=O)Nc1cc(Cl)ccc1F. The third kappa shape index (κ3) is 4.89. The van der Waals surface area contributed by atoms with E-state index in [9.17, 15) is 12.8 Å². The summed E-state index contributed by atoms with van der Waals surface area (Å²) in [6.45, 7) is 0.582. The van der Waals surface area contributed by atoms with Crippen molar-refractivity contribution in [2.24, 2.45) is 0 Å². The standard InChI is InChI=1S/C10H14ClFN2O2S/c1-13-5-2-6-17(15,16)14-10-7-8(11)3-4-9(10)12/h3-4,7,13-14H,2,5-6H2,1H3. The second-order valence-electron chi connectivity index (χ2n) is 3.50. The van der Waals surface area contributed by atoms with E-state index in [4.69, 9.17) is 11.6 Å². The molecule has 0 fully saturated rings. The van der Waals surface area contributed by atoms with Gasteiger partial charge in [-0.1, -0.05) is 11.6 Å². The molecule has 0 aliphatic carbocycles. The Morgan fingerprint density at radius 1 is 1.41 bits per heavy atom. The van der Waals surface area contributed by atoms with E-state index in [1.807, 2.05) is 0 Å². The molecule has 0 aliphatic heterocycles. The molecule has 0 unspecified atom stereocenters. The van der Waals surface area contributed by atoms with Crippen LogP contribution >= 0.6 is 11.6 Å². The third-order valence-electron chi connectivity index (χ3n) is 2.03. The van der Waals surface area contributed by atoms with Crippen molar-refractivity contribution in [1.29, 1.82) is 0 Å². The van der Waals surface area contributed by atoms with Gasteiger partial charge in [-0.05, 0) is 38.2 Å². The maximum Gasteiger partial charge on any atom is 0.232 e. The van der Waals surface area contributed by atoms with Gasteiger partial charge in [-0.2, -0.15) is 0 Å². The van der Waals surface area contributed by atoms with Crippen molar-refractivity contribution in [3.05, 3.63) is 29.0 Å². The van der Waals surface area contributed by atoms with Gasteiger partial charge in [-0.15, -0.1) is 0 Å². The number of rotatable bonds is 6. The molecule has 0 saturated carbocycles. The lowest BCUT2D eigenvalue weighted by molar-refractivity contribution is 0.594. The Kier molecular flexibility index (Phi) is 5.17. The Morgan fingerprint density at radius 2 is 2.12 bits per heavy atom. The predicted molar refractivity (Wildman–Crippen MR) is 67.4 cm³/mol. The van der Waals surface area contributed by atoms with Gasteiger partial charge in [0.1, 0.15) is 5.82 Å². The van der Waals surface area contributed by atoms with Crippen molar-refractivity contribution in [2.45, 2.75) is 6.42 Å². The predicted octanol–water partition coefficient (Wildman–Crippen LogP) is 1.83. The van der Waals surface area contributed by atoms with Gasteiger partial charge in [-0.3, -0.25) is 4.72 Å². The molecule has 1 aromatic rings. The van der Waals surface area contributed by atoms with E-state index in [1.54, 1.807) is 7.05 Å². The summed E-state index contributed by atoms with van der Waals surface area (Å²) < 4.78 is 38.6. The van der Waals surface area contributed by atoms with Gasteiger partial charge in [0.15, 0.2) is 0 Å². The molecule has 4 nitrogen and oxygen atoms in total. The van der Waals surface area contributed by atoms with Crippen LogP contribution in [0.5, 0.6) is 0 Å². The van der Waals surface area contributed by atoms with Crippen LogP contribution in [0.2, 0.25) is 5.02 Å². The minimum Gasteiger partial charge on any atom is -0.320 e. The molecular weight excluding hydrogens is 267 g/mol. The van der Waals surface area contributed by atoms with Crippen LogP contribution in [0.25, 0.3) is 0 Å². The Bertz CT molecular complexity index is 479. The van der Waals surface area contributed by atoms with E-state index in [-0.39, 0.29) is 16.5 Å². The van der Waals surface area contributed by atoms with E-state index in [0.29, 0.717) is 13.0 Å². The molecule has 96 valence electrons. The van der Waals surface area contributed by atoms with Gasteiger partial charge in [0.25, 0.3) is 0 Å². The fraction of sp³-hybridized carbons (Fsp3) is 0.400. The molecule has 2 N–H and O–H groups in total. The molecule has 0 amide bonds. The number of nitrogens with one attached hydrogen (secondary N) is 2. The van der Waals surface area contributed by atoms with Crippen LogP contribution in [0.1, 0.15) is 6.42 Å². The lowest BCUT2D eigenvalue weighted by Crippen LogP contribution is -2.20. The molecular formula is C10H14ClFN2O2S. The van der Waals surface area contributed by atoms with Crippen LogP contribution in [-0.4, -0.2) is 27.8 Å². The summed E-state index contributed by atoms with van der Waals surface area (Å²) in [4.78, 5) is 0. The number of halogens is 2. The monoisotopic (exact) mass is 280 g/mol. The van der Waals surface area contributed by atoms with Crippen molar-refractivity contribution in [3.8, 4) is 0 Å². The first kappa shape index (κ1) is 14.2. The van der Waals surface area contributed by atoms with Crippen molar-refractivity contribution in [1.82, 2.24) is 5.32 Å². The summed E-state index contributed by atoms with van der Waals surface area (Å²) in [5.74, 6) is -0.716.